The summed E-state index contributed by atoms with van der Waals surface area (Å²) in [7, 11) is 0. The molecule has 2 amide bonds. The Labute approximate surface area is 273 Å². The Hall–Kier alpha value is -5.01. The molecule has 2 heterocycles. The van der Waals surface area contributed by atoms with Gasteiger partial charge >= 0.3 is 12.1 Å². The van der Waals surface area contributed by atoms with Crippen molar-refractivity contribution in [2.45, 2.75) is 56.9 Å². The highest BCUT2D eigenvalue weighted by Gasteiger charge is 2.36. The standard InChI is InChI=1S/C34H41N5O8/c40-31(17-8-7-13-25-11-3-1-4-12-25)38-29(33(42)43)21-37-32(41)24-45-28-19-27(20-36-30-16-9-10-18-35-30)39(22-28)47-34(44)46-23-26-14-5-2-6-15-26/h1-6,9-12,14-16,18,27-29H,7-8,13,17,19-24H2,(H,35,36)(H,37,41)(H,38,40)(H,42,43). The predicted octanol–water partition coefficient (Wildman–Crippen LogP) is 3.32. The van der Waals surface area contributed by atoms with E-state index in [2.05, 4.69) is 20.9 Å². The molecule has 4 rings (SSSR count). The Morgan fingerprint density at radius 3 is 2.34 bits per heavy atom. The average Bonchev–Trinajstić information content (AvgIpc) is 3.47. The van der Waals surface area contributed by atoms with Crippen molar-refractivity contribution in [3.8, 4) is 0 Å². The van der Waals surface area contributed by atoms with Crippen molar-refractivity contribution in [1.82, 2.24) is 20.7 Å². The Morgan fingerprint density at radius 2 is 1.64 bits per heavy atom. The lowest BCUT2D eigenvalue weighted by atomic mass is 10.1. The Balaban J connectivity index is 1.19. The molecular weight excluding hydrogens is 606 g/mol. The van der Waals surface area contributed by atoms with Gasteiger partial charge in [0, 0.05) is 25.7 Å². The van der Waals surface area contributed by atoms with Crippen molar-refractivity contribution in [3.05, 3.63) is 96.2 Å². The molecule has 2 aromatic carbocycles. The monoisotopic (exact) mass is 647 g/mol. The van der Waals surface area contributed by atoms with Crippen LogP contribution < -0.4 is 16.0 Å². The van der Waals surface area contributed by atoms with Gasteiger partial charge in [-0.1, -0.05) is 66.7 Å². The lowest BCUT2D eigenvalue weighted by Crippen LogP contribution is -2.49. The van der Waals surface area contributed by atoms with Crippen LogP contribution in [0.15, 0.2) is 85.1 Å². The molecule has 13 heteroatoms. The van der Waals surface area contributed by atoms with Gasteiger partial charge in [0.05, 0.1) is 18.7 Å². The number of hydroxylamine groups is 2. The minimum atomic E-state index is -1.28. The fraction of sp³-hybridized carbons (Fsp3) is 0.382. The highest BCUT2D eigenvalue weighted by molar-refractivity contribution is 5.84. The van der Waals surface area contributed by atoms with Gasteiger partial charge in [-0.25, -0.2) is 14.6 Å². The molecule has 250 valence electrons. The molecule has 1 aliphatic heterocycles. The summed E-state index contributed by atoms with van der Waals surface area (Å²) < 4.78 is 11.1. The molecule has 1 fully saturated rings. The molecular formula is C34H41N5O8. The first-order valence-corrected chi connectivity index (χ1v) is 15.6. The van der Waals surface area contributed by atoms with Crippen molar-refractivity contribution in [3.63, 3.8) is 0 Å². The number of amides is 2. The Bertz CT molecular complexity index is 1410. The third-order valence-electron chi connectivity index (χ3n) is 7.45. The van der Waals surface area contributed by atoms with E-state index in [-0.39, 0.29) is 38.8 Å². The van der Waals surface area contributed by atoms with Crippen LogP contribution in [0.4, 0.5) is 10.6 Å². The number of hydrogen-bond acceptors (Lipinski definition) is 10. The maximum absolute atomic E-state index is 12.5. The SMILES string of the molecule is O=C(COC1CC(CNc2ccccn2)N(OC(=O)OCc2ccccc2)C1)NCC(NC(=O)CCCCc1ccccc1)C(=O)O. The van der Waals surface area contributed by atoms with Crippen molar-refractivity contribution in [2.24, 2.45) is 0 Å². The van der Waals surface area contributed by atoms with E-state index in [0.717, 1.165) is 18.4 Å². The van der Waals surface area contributed by atoms with Crippen molar-refractivity contribution in [2.75, 3.05) is 31.6 Å². The number of anilines is 1. The van der Waals surface area contributed by atoms with E-state index in [1.807, 2.05) is 72.8 Å². The number of pyridine rings is 1. The number of unbranched alkanes of at least 4 members (excludes halogenated alkanes) is 1. The molecule has 47 heavy (non-hydrogen) atoms. The largest absolute Gasteiger partial charge is 0.528 e. The Morgan fingerprint density at radius 1 is 0.915 bits per heavy atom. The molecule has 1 aromatic heterocycles. The van der Waals surface area contributed by atoms with E-state index in [1.165, 1.54) is 10.6 Å². The molecule has 4 N–H and O–H groups in total. The highest BCUT2D eigenvalue weighted by Crippen LogP contribution is 2.22. The number of ether oxygens (including phenoxy) is 2. The summed E-state index contributed by atoms with van der Waals surface area (Å²) in [6.45, 7) is -0.0354. The normalized spacial score (nSPS) is 16.5. The first kappa shape index (κ1) is 34.9. The van der Waals surface area contributed by atoms with E-state index in [4.69, 9.17) is 14.3 Å². The number of rotatable bonds is 18. The van der Waals surface area contributed by atoms with Crippen LogP contribution in [0.3, 0.4) is 0 Å². The minimum Gasteiger partial charge on any atom is -0.480 e. The summed E-state index contributed by atoms with van der Waals surface area (Å²) in [5.41, 5.74) is 1.99. The molecule has 0 spiro atoms. The minimum absolute atomic E-state index is 0.0521. The zero-order valence-electron chi connectivity index (χ0n) is 26.1. The summed E-state index contributed by atoms with van der Waals surface area (Å²) in [6, 6.07) is 23.0. The van der Waals surface area contributed by atoms with Gasteiger partial charge in [0.15, 0.2) is 0 Å². The third kappa shape index (κ3) is 12.7. The summed E-state index contributed by atoms with van der Waals surface area (Å²) in [5.74, 6) is -1.54. The van der Waals surface area contributed by atoms with E-state index in [9.17, 15) is 24.3 Å². The molecule has 0 bridgehead atoms. The van der Waals surface area contributed by atoms with Crippen molar-refractivity contribution >= 4 is 29.8 Å². The number of carboxylic acids is 1. The second-order valence-electron chi connectivity index (χ2n) is 11.1. The summed E-state index contributed by atoms with van der Waals surface area (Å²) in [5, 5.41) is 19.2. The van der Waals surface area contributed by atoms with Crippen LogP contribution in [0.1, 0.15) is 36.8 Å². The van der Waals surface area contributed by atoms with Crippen molar-refractivity contribution < 1.29 is 38.6 Å². The van der Waals surface area contributed by atoms with Crippen LogP contribution >= 0.6 is 0 Å². The lowest BCUT2D eigenvalue weighted by Gasteiger charge is -2.22. The fourth-order valence-corrected chi connectivity index (χ4v) is 4.98. The number of carbonyl (C=O) groups is 4. The number of carbonyl (C=O) groups excluding carboxylic acids is 3. The van der Waals surface area contributed by atoms with Crippen LogP contribution in [-0.4, -0.2) is 83.5 Å². The number of aryl methyl sites for hydroxylation is 1. The van der Waals surface area contributed by atoms with Crippen LogP contribution in [0.25, 0.3) is 0 Å². The smallest absolute Gasteiger partial charge is 0.480 e. The second kappa shape index (κ2) is 18.8. The van der Waals surface area contributed by atoms with Crippen LogP contribution in [0, 0.1) is 0 Å². The number of aromatic nitrogens is 1. The van der Waals surface area contributed by atoms with Crippen LogP contribution in [0.5, 0.6) is 0 Å². The van der Waals surface area contributed by atoms with Gasteiger partial charge in [0.1, 0.15) is 25.1 Å². The van der Waals surface area contributed by atoms with E-state index in [0.29, 0.717) is 25.2 Å². The van der Waals surface area contributed by atoms with E-state index < -0.39 is 36.1 Å². The number of nitrogens with zero attached hydrogens (tertiary/aromatic N) is 2. The first-order chi connectivity index (χ1) is 22.9. The van der Waals surface area contributed by atoms with Crippen molar-refractivity contribution in [1.29, 1.82) is 0 Å². The number of aliphatic carboxylic acids is 1. The zero-order valence-corrected chi connectivity index (χ0v) is 26.1. The van der Waals surface area contributed by atoms with Gasteiger partial charge in [-0.2, -0.15) is 0 Å². The summed E-state index contributed by atoms with van der Waals surface area (Å²) >= 11 is 0. The quantitative estimate of drug-likeness (QED) is 0.118. The lowest BCUT2D eigenvalue weighted by molar-refractivity contribution is -0.144. The van der Waals surface area contributed by atoms with E-state index in [1.54, 1.807) is 12.3 Å². The fourth-order valence-electron chi connectivity index (χ4n) is 4.98. The number of carboxylic acid groups (broad SMARTS) is 1. The highest BCUT2D eigenvalue weighted by atomic mass is 16.8. The third-order valence-corrected chi connectivity index (χ3v) is 7.45. The molecule has 0 aliphatic carbocycles. The molecule has 0 saturated carbocycles. The van der Waals surface area contributed by atoms with Gasteiger partial charge in [-0.3, -0.25) is 9.59 Å². The van der Waals surface area contributed by atoms with Gasteiger partial charge in [0.25, 0.3) is 0 Å². The average molecular weight is 648 g/mol. The van der Waals surface area contributed by atoms with Gasteiger partial charge in [-0.15, -0.1) is 5.06 Å². The topological polar surface area (TPSA) is 168 Å². The number of hydrogen-bond donors (Lipinski definition) is 4. The molecule has 3 atom stereocenters. The maximum atomic E-state index is 12.5. The van der Waals surface area contributed by atoms with Gasteiger partial charge in [-0.05, 0) is 48.9 Å². The van der Waals surface area contributed by atoms with E-state index >= 15 is 0 Å². The van der Waals surface area contributed by atoms with Crippen LogP contribution in [0.2, 0.25) is 0 Å². The maximum Gasteiger partial charge on any atom is 0.528 e. The van der Waals surface area contributed by atoms with Gasteiger partial charge in [0.2, 0.25) is 11.8 Å². The first-order valence-electron chi connectivity index (χ1n) is 15.6. The molecule has 1 aliphatic rings. The molecule has 3 unspecified atom stereocenters. The zero-order chi connectivity index (χ0) is 33.3. The molecule has 3 aromatic rings. The second-order valence-corrected chi connectivity index (χ2v) is 11.1. The Kier molecular flexibility index (Phi) is 14.0. The van der Waals surface area contributed by atoms with Crippen LogP contribution in [-0.2, 0) is 41.7 Å². The summed E-state index contributed by atoms with van der Waals surface area (Å²) in [6.07, 6.45) is 3.17. The predicted molar refractivity (Wildman–Crippen MR) is 172 cm³/mol. The summed E-state index contributed by atoms with van der Waals surface area (Å²) in [4.78, 5) is 58.8. The molecule has 1 saturated heterocycles. The van der Waals surface area contributed by atoms with Gasteiger partial charge < -0.3 is 35.4 Å². The molecule has 13 nitrogen and oxygen atoms in total. The molecule has 0 radical (unpaired) electrons. The number of benzene rings is 2. The number of nitrogens with one attached hydrogen (secondary N) is 3.